The van der Waals surface area contributed by atoms with E-state index < -0.39 is 13.9 Å². The summed E-state index contributed by atoms with van der Waals surface area (Å²) in [6.45, 7) is 11.5. The summed E-state index contributed by atoms with van der Waals surface area (Å²) in [5.41, 5.74) is -0.448. The van der Waals surface area contributed by atoms with E-state index in [4.69, 9.17) is 13.9 Å². The molecular formula is C25H32O4Si. The van der Waals surface area contributed by atoms with Crippen LogP contribution in [0.4, 0.5) is 0 Å². The number of carbonyl (C=O) groups excluding carboxylic acids is 1. The van der Waals surface area contributed by atoms with Gasteiger partial charge in [0.25, 0.3) is 8.32 Å². The summed E-state index contributed by atoms with van der Waals surface area (Å²) in [6.07, 6.45) is 2.91. The van der Waals surface area contributed by atoms with Crippen molar-refractivity contribution in [2.24, 2.45) is 0 Å². The Hall–Kier alpha value is -2.21. The number of hydrogen-bond acceptors (Lipinski definition) is 4. The Balaban J connectivity index is 2.13. The highest BCUT2D eigenvalue weighted by molar-refractivity contribution is 6.99. The first-order valence-corrected chi connectivity index (χ1v) is 12.4. The van der Waals surface area contributed by atoms with Crippen molar-refractivity contribution in [3.8, 4) is 0 Å². The average molecular weight is 425 g/mol. The lowest BCUT2D eigenvalue weighted by atomic mass is 10.1. The molecule has 0 saturated carbocycles. The molecule has 0 spiro atoms. The molecule has 0 N–H and O–H groups in total. The van der Waals surface area contributed by atoms with Crippen molar-refractivity contribution in [2.75, 3.05) is 13.2 Å². The van der Waals surface area contributed by atoms with Crippen molar-refractivity contribution in [2.45, 2.75) is 51.4 Å². The van der Waals surface area contributed by atoms with Gasteiger partial charge >= 0.3 is 5.97 Å². The van der Waals surface area contributed by atoms with E-state index in [0.29, 0.717) is 13.2 Å². The van der Waals surface area contributed by atoms with E-state index in [9.17, 15) is 4.79 Å². The monoisotopic (exact) mass is 424 g/mol. The largest absolute Gasteiger partial charge is 0.463 e. The van der Waals surface area contributed by atoms with Crippen LogP contribution in [-0.2, 0) is 18.7 Å². The van der Waals surface area contributed by atoms with Gasteiger partial charge in [0.05, 0.1) is 19.3 Å². The van der Waals surface area contributed by atoms with E-state index >= 15 is 0 Å². The van der Waals surface area contributed by atoms with Crippen molar-refractivity contribution >= 4 is 24.7 Å². The molecule has 1 aliphatic heterocycles. The summed E-state index contributed by atoms with van der Waals surface area (Å²) in [4.78, 5) is 12.0. The third-order valence-corrected chi connectivity index (χ3v) is 10.6. The summed E-state index contributed by atoms with van der Waals surface area (Å²) in [5.74, 6) is -0.363. The molecule has 0 radical (unpaired) electrons. The van der Waals surface area contributed by atoms with Crippen LogP contribution < -0.4 is 10.4 Å². The molecule has 0 aromatic heterocycles. The minimum absolute atomic E-state index is 0.156. The number of ether oxygens (including phenoxy) is 2. The van der Waals surface area contributed by atoms with Gasteiger partial charge in [0, 0.05) is 6.08 Å². The Morgan fingerprint density at radius 3 is 2.00 bits per heavy atom. The maximum Gasteiger partial charge on any atom is 0.330 e. The second kappa shape index (κ2) is 8.88. The molecule has 0 unspecified atom stereocenters. The van der Waals surface area contributed by atoms with Gasteiger partial charge in [0.1, 0.15) is 5.60 Å². The highest BCUT2D eigenvalue weighted by atomic mass is 28.4. The first-order valence-electron chi connectivity index (χ1n) is 10.5. The summed E-state index contributed by atoms with van der Waals surface area (Å²) in [7, 11) is -2.76. The highest BCUT2D eigenvalue weighted by Gasteiger charge is 2.56. The van der Waals surface area contributed by atoms with Crippen LogP contribution in [0.1, 0.15) is 34.6 Å². The number of esters is 1. The van der Waals surface area contributed by atoms with Crippen LogP contribution in [0.15, 0.2) is 72.8 Å². The topological polar surface area (TPSA) is 48.1 Å². The number of hydrogen-bond donors (Lipinski definition) is 0. The summed E-state index contributed by atoms with van der Waals surface area (Å²) < 4.78 is 18.0. The molecule has 2 atom stereocenters. The van der Waals surface area contributed by atoms with E-state index in [0.717, 1.165) is 0 Å². The second-order valence-electron chi connectivity index (χ2n) is 8.91. The summed E-state index contributed by atoms with van der Waals surface area (Å²) >= 11 is 0. The molecule has 1 saturated heterocycles. The average Bonchev–Trinajstić information content (AvgIpc) is 3.47. The predicted molar refractivity (Wildman–Crippen MR) is 123 cm³/mol. The molecule has 4 nitrogen and oxygen atoms in total. The van der Waals surface area contributed by atoms with E-state index in [1.165, 1.54) is 16.4 Å². The minimum atomic E-state index is -2.76. The van der Waals surface area contributed by atoms with E-state index in [2.05, 4.69) is 69.3 Å². The van der Waals surface area contributed by atoms with Crippen LogP contribution in [0.2, 0.25) is 5.04 Å². The molecule has 0 amide bonds. The normalized spacial score (nSPS) is 20.2. The molecule has 160 valence electrons. The maximum atomic E-state index is 12.0. The fourth-order valence-corrected chi connectivity index (χ4v) is 8.61. The predicted octanol–water partition coefficient (Wildman–Crippen LogP) is 3.84. The molecule has 1 aliphatic rings. The van der Waals surface area contributed by atoms with Crippen molar-refractivity contribution < 1.29 is 18.7 Å². The number of carbonyl (C=O) groups is 1. The molecule has 2 aromatic rings. The third kappa shape index (κ3) is 4.58. The van der Waals surface area contributed by atoms with Crippen LogP contribution in [-0.4, -0.2) is 39.2 Å². The van der Waals surface area contributed by atoms with Gasteiger partial charge in [0.2, 0.25) is 0 Å². The Morgan fingerprint density at radius 1 is 1.10 bits per heavy atom. The lowest BCUT2D eigenvalue weighted by Crippen LogP contribution is -2.68. The highest BCUT2D eigenvalue weighted by Crippen LogP contribution is 2.41. The van der Waals surface area contributed by atoms with Crippen LogP contribution in [0, 0.1) is 0 Å². The molecular weight excluding hydrogens is 392 g/mol. The lowest BCUT2D eigenvalue weighted by molar-refractivity contribution is -0.137. The third-order valence-electron chi connectivity index (χ3n) is 5.62. The van der Waals surface area contributed by atoms with Gasteiger partial charge in [-0.2, -0.15) is 0 Å². The van der Waals surface area contributed by atoms with Crippen molar-refractivity contribution in [3.05, 3.63) is 72.8 Å². The first kappa shape index (κ1) is 22.5. The van der Waals surface area contributed by atoms with Crippen LogP contribution in [0.25, 0.3) is 0 Å². The zero-order valence-electron chi connectivity index (χ0n) is 18.6. The molecule has 2 aromatic carbocycles. The molecule has 1 fully saturated rings. The minimum Gasteiger partial charge on any atom is -0.463 e. The molecule has 1 heterocycles. The van der Waals surface area contributed by atoms with Crippen LogP contribution in [0.3, 0.4) is 0 Å². The Bertz CT molecular complexity index is 828. The first-order chi connectivity index (χ1) is 14.2. The zero-order chi connectivity index (χ0) is 21.8. The lowest BCUT2D eigenvalue weighted by Gasteiger charge is -2.45. The number of rotatable bonds is 8. The number of epoxide rings is 1. The van der Waals surface area contributed by atoms with Crippen LogP contribution >= 0.6 is 0 Å². The van der Waals surface area contributed by atoms with Gasteiger partial charge in [-0.15, -0.1) is 0 Å². The SMILES string of the molecule is CCOC(=O)/C=C/[C@@H](O[Si](c1ccccc1)(c1ccccc1)C(C)(C)C)[C@]1(C)CO1. The summed E-state index contributed by atoms with van der Waals surface area (Å²) in [5, 5.41) is 2.24. The van der Waals surface area contributed by atoms with Gasteiger partial charge in [-0.25, -0.2) is 4.79 Å². The maximum absolute atomic E-state index is 12.0. The van der Waals surface area contributed by atoms with E-state index in [1.54, 1.807) is 6.92 Å². The van der Waals surface area contributed by atoms with Gasteiger partial charge in [-0.05, 0) is 35.3 Å². The van der Waals surface area contributed by atoms with E-state index in [-0.39, 0.29) is 17.1 Å². The molecule has 0 aliphatic carbocycles. The Kier molecular flexibility index (Phi) is 6.65. The van der Waals surface area contributed by atoms with Gasteiger partial charge < -0.3 is 13.9 Å². The Morgan fingerprint density at radius 2 is 1.60 bits per heavy atom. The molecule has 0 bridgehead atoms. The van der Waals surface area contributed by atoms with E-state index in [1.807, 2.05) is 25.1 Å². The second-order valence-corrected chi connectivity index (χ2v) is 13.2. The van der Waals surface area contributed by atoms with Gasteiger partial charge in [-0.1, -0.05) is 81.4 Å². The fourth-order valence-electron chi connectivity index (χ4n) is 3.88. The van der Waals surface area contributed by atoms with Crippen molar-refractivity contribution in [3.63, 3.8) is 0 Å². The smallest absolute Gasteiger partial charge is 0.330 e. The standard InChI is InChI=1S/C25H32O4Si/c1-6-27-23(26)18-17-22(25(5)19-28-25)29-30(24(2,3)4,20-13-9-7-10-14-20)21-15-11-8-12-16-21/h7-18,22H,6,19H2,1-5H3/b18-17+/t22-,25+/m1/s1. The fraction of sp³-hybridized carbons (Fsp3) is 0.400. The van der Waals surface area contributed by atoms with Gasteiger partial charge in [0.15, 0.2) is 0 Å². The molecule has 3 rings (SSSR count). The molecule has 5 heteroatoms. The number of benzene rings is 2. The summed E-state index contributed by atoms with van der Waals surface area (Å²) in [6, 6.07) is 20.9. The van der Waals surface area contributed by atoms with Crippen molar-refractivity contribution in [1.29, 1.82) is 0 Å². The van der Waals surface area contributed by atoms with Gasteiger partial charge in [-0.3, -0.25) is 0 Å². The van der Waals surface area contributed by atoms with Crippen LogP contribution in [0.5, 0.6) is 0 Å². The Labute approximate surface area is 181 Å². The van der Waals surface area contributed by atoms with Crippen molar-refractivity contribution in [1.82, 2.24) is 0 Å². The molecule has 30 heavy (non-hydrogen) atoms. The zero-order valence-corrected chi connectivity index (χ0v) is 19.6. The quantitative estimate of drug-likeness (QED) is 0.280.